The fourth-order valence-corrected chi connectivity index (χ4v) is 5.27. The van der Waals surface area contributed by atoms with Crippen molar-refractivity contribution in [2.45, 2.75) is 36.9 Å². The molecule has 1 unspecified atom stereocenters. The number of amides is 3. The molecule has 0 spiro atoms. The smallest absolute Gasteiger partial charge is 0.416 e. The van der Waals surface area contributed by atoms with Gasteiger partial charge in [0.2, 0.25) is 5.91 Å². The van der Waals surface area contributed by atoms with Crippen molar-refractivity contribution in [2.24, 2.45) is 0 Å². The third-order valence-corrected chi connectivity index (χ3v) is 7.21. The Bertz CT molecular complexity index is 1370. The van der Waals surface area contributed by atoms with Crippen LogP contribution in [0.15, 0.2) is 59.4 Å². The molecule has 38 heavy (non-hydrogen) atoms. The largest absolute Gasteiger partial charge is 0.446 e. The fraction of sp³-hybridized carbons (Fsp3) is 0.280. The van der Waals surface area contributed by atoms with E-state index in [1.54, 1.807) is 17.5 Å². The summed E-state index contributed by atoms with van der Waals surface area (Å²) in [6.45, 7) is -0.354. The summed E-state index contributed by atoms with van der Waals surface area (Å²) in [5, 5.41) is 4.24. The van der Waals surface area contributed by atoms with Crippen LogP contribution in [0.1, 0.15) is 24.4 Å². The number of alkyl halides is 2. The van der Waals surface area contributed by atoms with E-state index in [0.717, 1.165) is 21.9 Å². The van der Waals surface area contributed by atoms with Crippen LogP contribution in [0.2, 0.25) is 5.02 Å². The first-order valence-electron chi connectivity index (χ1n) is 11.5. The second kappa shape index (κ2) is 10.3. The van der Waals surface area contributed by atoms with Gasteiger partial charge in [-0.2, -0.15) is 0 Å². The quantitative estimate of drug-likeness (QED) is 0.438. The molecule has 2 fully saturated rings. The Hall–Kier alpha value is -3.64. The highest BCUT2D eigenvalue weighted by Gasteiger charge is 2.49. The van der Waals surface area contributed by atoms with Gasteiger partial charge in [-0.05, 0) is 24.3 Å². The third-order valence-electron chi connectivity index (χ3n) is 6.29. The Morgan fingerprint density at radius 2 is 1.97 bits per heavy atom. The number of hydrogen-bond donors (Lipinski definition) is 1. The number of cyclic esters (lactones) is 1. The minimum Gasteiger partial charge on any atom is -0.446 e. The maximum atomic E-state index is 14.4. The molecule has 3 amide bonds. The first kappa shape index (κ1) is 26.0. The molecule has 1 N–H and O–H groups in total. The molecule has 2 atom stereocenters. The van der Waals surface area contributed by atoms with Crippen LogP contribution in [0.4, 0.5) is 29.5 Å². The zero-order chi connectivity index (χ0) is 27.0. The highest BCUT2D eigenvalue weighted by Crippen LogP contribution is 2.39. The Morgan fingerprint density at radius 1 is 1.21 bits per heavy atom. The normalized spacial score (nSPS) is 19.4. The van der Waals surface area contributed by atoms with E-state index in [4.69, 9.17) is 16.3 Å². The van der Waals surface area contributed by atoms with Gasteiger partial charge in [-0.3, -0.25) is 14.5 Å². The molecule has 0 radical (unpaired) electrons. The summed E-state index contributed by atoms with van der Waals surface area (Å²) in [6.07, 6.45) is -1.92. The van der Waals surface area contributed by atoms with Crippen molar-refractivity contribution in [3.63, 3.8) is 0 Å². The predicted octanol–water partition coefficient (Wildman–Crippen LogP) is 4.95. The van der Waals surface area contributed by atoms with Gasteiger partial charge in [0.1, 0.15) is 24.3 Å². The molecule has 198 valence electrons. The molecule has 2 aliphatic rings. The zero-order valence-corrected chi connectivity index (χ0v) is 21.1. The van der Waals surface area contributed by atoms with E-state index in [9.17, 15) is 27.6 Å². The average Bonchev–Trinajstić information content (AvgIpc) is 3.51. The molecule has 1 aromatic heterocycles. The Labute approximate surface area is 224 Å². The lowest BCUT2D eigenvalue weighted by Crippen LogP contribution is -2.56. The number of aromatic nitrogens is 1. The number of nitrogens with zero attached hydrogens (tertiary/aromatic N) is 3. The van der Waals surface area contributed by atoms with Crippen LogP contribution >= 0.6 is 22.9 Å². The van der Waals surface area contributed by atoms with E-state index < -0.39 is 60.6 Å². The molecule has 1 saturated carbocycles. The van der Waals surface area contributed by atoms with Gasteiger partial charge in [0.25, 0.3) is 11.8 Å². The van der Waals surface area contributed by atoms with E-state index in [2.05, 4.69) is 10.3 Å². The second-order valence-electron chi connectivity index (χ2n) is 8.89. The first-order chi connectivity index (χ1) is 18.1. The van der Waals surface area contributed by atoms with Crippen LogP contribution in [-0.2, 0) is 14.3 Å². The number of benzene rings is 2. The summed E-state index contributed by atoms with van der Waals surface area (Å²) < 4.78 is 46.5. The number of anilines is 2. The minimum atomic E-state index is -2.90. The monoisotopic (exact) mass is 564 g/mol. The van der Waals surface area contributed by atoms with E-state index in [1.807, 2.05) is 0 Å². The van der Waals surface area contributed by atoms with Gasteiger partial charge in [-0.15, -0.1) is 11.3 Å². The number of ether oxygens (including phenoxy) is 1. The predicted molar refractivity (Wildman–Crippen MR) is 134 cm³/mol. The molecule has 2 aromatic carbocycles. The third kappa shape index (κ3) is 5.05. The van der Waals surface area contributed by atoms with Crippen molar-refractivity contribution in [1.29, 1.82) is 0 Å². The number of nitrogens with one attached hydrogen (secondary N) is 1. The van der Waals surface area contributed by atoms with Crippen LogP contribution in [-0.4, -0.2) is 47.5 Å². The summed E-state index contributed by atoms with van der Waals surface area (Å²) in [7, 11) is 0. The Kier molecular flexibility index (Phi) is 7.01. The topological polar surface area (TPSA) is 91.8 Å². The first-order valence-corrected chi connectivity index (χ1v) is 12.8. The molecule has 3 aromatic rings. The number of carbonyl (C=O) groups excluding carboxylic acids is 3. The van der Waals surface area contributed by atoms with Gasteiger partial charge >= 0.3 is 6.09 Å². The molecule has 1 aliphatic heterocycles. The number of halogens is 4. The van der Waals surface area contributed by atoms with E-state index in [1.165, 1.54) is 41.1 Å². The fourth-order valence-electron chi connectivity index (χ4n) is 4.51. The Morgan fingerprint density at radius 3 is 2.63 bits per heavy atom. The zero-order valence-electron chi connectivity index (χ0n) is 19.5. The van der Waals surface area contributed by atoms with Crippen molar-refractivity contribution in [1.82, 2.24) is 10.3 Å². The maximum absolute atomic E-state index is 14.4. The van der Waals surface area contributed by atoms with Crippen LogP contribution in [0.3, 0.4) is 0 Å². The summed E-state index contributed by atoms with van der Waals surface area (Å²) >= 11 is 7.64. The number of rotatable bonds is 7. The van der Waals surface area contributed by atoms with Gasteiger partial charge < -0.3 is 10.1 Å². The van der Waals surface area contributed by atoms with E-state index in [0.29, 0.717) is 0 Å². The SMILES string of the molecule is O=C(NC1CC(F)(F)C1)[C@H](c1ccccc1Cl)N(C(=O)C1COC(=O)N1c1cscn1)c1cccc(F)c1. The molecule has 13 heteroatoms. The highest BCUT2D eigenvalue weighted by molar-refractivity contribution is 7.07. The minimum absolute atomic E-state index is 0.00779. The number of thiazole rings is 1. The van der Waals surface area contributed by atoms with Crippen molar-refractivity contribution >= 4 is 52.4 Å². The lowest BCUT2D eigenvalue weighted by Gasteiger charge is -2.39. The van der Waals surface area contributed by atoms with Gasteiger partial charge in [-0.25, -0.2) is 27.8 Å². The molecule has 0 bridgehead atoms. The second-order valence-corrected chi connectivity index (χ2v) is 10.0. The standard InChI is InChI=1S/C25H20ClF3N4O4S/c26-18-7-2-1-6-17(18)21(22(34)31-15-9-25(28,29)10-15)32(16-5-3-4-14(27)8-16)23(35)19-11-37-24(36)33(19)20-12-38-13-30-20/h1-8,12-13,15,19,21H,9-11H2,(H,31,34)/t19?,21-/m0/s1. The van der Waals surface area contributed by atoms with Gasteiger partial charge in [0.05, 0.1) is 5.51 Å². The van der Waals surface area contributed by atoms with Crippen molar-refractivity contribution in [3.8, 4) is 0 Å². The lowest BCUT2D eigenvalue weighted by atomic mass is 9.87. The molecule has 1 aliphatic carbocycles. The summed E-state index contributed by atoms with van der Waals surface area (Å²) in [4.78, 5) is 46.6. The van der Waals surface area contributed by atoms with Gasteiger partial charge in [-0.1, -0.05) is 35.9 Å². The van der Waals surface area contributed by atoms with Gasteiger partial charge in [0, 0.05) is 40.5 Å². The summed E-state index contributed by atoms with van der Waals surface area (Å²) in [6, 6.07) is 7.66. The lowest BCUT2D eigenvalue weighted by molar-refractivity contribution is -0.133. The van der Waals surface area contributed by atoms with Crippen LogP contribution < -0.4 is 15.1 Å². The molecule has 1 saturated heterocycles. The summed E-state index contributed by atoms with van der Waals surface area (Å²) in [5.74, 6) is -4.99. The van der Waals surface area contributed by atoms with Gasteiger partial charge in [0.15, 0.2) is 6.04 Å². The molecule has 5 rings (SSSR count). The summed E-state index contributed by atoms with van der Waals surface area (Å²) in [5.41, 5.74) is 1.65. The van der Waals surface area contributed by atoms with Crippen molar-refractivity contribution in [3.05, 3.63) is 75.8 Å². The molecular weight excluding hydrogens is 545 g/mol. The Balaban J connectivity index is 1.59. The van der Waals surface area contributed by atoms with Crippen molar-refractivity contribution in [2.75, 3.05) is 16.4 Å². The van der Waals surface area contributed by atoms with Crippen molar-refractivity contribution < 1.29 is 32.3 Å². The molecular formula is C25H20ClF3N4O4S. The van der Waals surface area contributed by atoms with E-state index in [-0.39, 0.29) is 28.7 Å². The van der Waals surface area contributed by atoms with Crippen LogP contribution in [0.5, 0.6) is 0 Å². The van der Waals surface area contributed by atoms with Crippen LogP contribution in [0, 0.1) is 5.82 Å². The average molecular weight is 565 g/mol. The van der Waals surface area contributed by atoms with Crippen LogP contribution in [0.25, 0.3) is 0 Å². The maximum Gasteiger partial charge on any atom is 0.416 e. The number of carbonyl (C=O) groups is 3. The number of hydrogen-bond acceptors (Lipinski definition) is 6. The molecule has 8 nitrogen and oxygen atoms in total. The van der Waals surface area contributed by atoms with E-state index >= 15 is 0 Å². The highest BCUT2D eigenvalue weighted by atomic mass is 35.5. The molecule has 2 heterocycles.